The molecule has 0 saturated carbocycles. The van der Waals surface area contributed by atoms with Gasteiger partial charge in [0.25, 0.3) is 0 Å². The minimum Gasteiger partial charge on any atom is -0.508 e. The number of carboxylic acids is 1. The number of phenols is 1. The zero-order valence-electron chi connectivity index (χ0n) is 13.9. The van der Waals surface area contributed by atoms with Gasteiger partial charge < -0.3 is 10.2 Å². The van der Waals surface area contributed by atoms with Crippen molar-refractivity contribution in [2.24, 2.45) is 0 Å². The minimum atomic E-state index is -4.46. The molecule has 0 aliphatic heterocycles. The number of rotatable bonds is 5. The van der Waals surface area contributed by atoms with Crippen LogP contribution in [0.1, 0.15) is 17.3 Å². The van der Waals surface area contributed by atoms with Crippen LogP contribution in [0, 0.1) is 0 Å². The second-order valence-corrected chi connectivity index (χ2v) is 9.02. The topological polar surface area (TPSA) is 142 Å². The van der Waals surface area contributed by atoms with Crippen LogP contribution in [-0.4, -0.2) is 48.6 Å². The number of amides is 1. The zero-order chi connectivity index (χ0) is 19.7. The van der Waals surface area contributed by atoms with Crippen LogP contribution in [0.2, 0.25) is 0 Å². The number of carbonyl (C=O) groups is 2. The van der Waals surface area contributed by atoms with Gasteiger partial charge in [0.15, 0.2) is 0 Å². The molecule has 0 spiro atoms. The largest absolute Gasteiger partial charge is 0.508 e. The number of nitrogens with one attached hydrogen (secondary N) is 1. The van der Waals surface area contributed by atoms with E-state index in [9.17, 15) is 13.3 Å². The van der Waals surface area contributed by atoms with Crippen LogP contribution in [0.25, 0.3) is 0 Å². The normalized spacial score (nSPS) is 12.3. The van der Waals surface area contributed by atoms with E-state index in [0.29, 0.717) is 5.69 Å². The Labute approximate surface area is 152 Å². The molecule has 1 unspecified atom stereocenters. The van der Waals surface area contributed by atoms with E-state index >= 15 is 0 Å². The number of hydrogen-bond acceptors (Lipinski definition) is 7. The van der Waals surface area contributed by atoms with E-state index in [1.54, 1.807) is 18.2 Å². The second kappa shape index (κ2) is 9.79. The molecule has 0 aromatic heterocycles. The number of benzene rings is 2. The van der Waals surface area contributed by atoms with E-state index in [1.165, 1.54) is 44.4 Å². The number of carboxylic acid groups (broad SMARTS) is 1. The predicted octanol–water partition coefficient (Wildman–Crippen LogP) is 1.45. The van der Waals surface area contributed by atoms with Gasteiger partial charge in [-0.1, -0.05) is 6.07 Å². The summed E-state index contributed by atoms with van der Waals surface area (Å²) in [6, 6.07) is 11.8. The fourth-order valence-electron chi connectivity index (χ4n) is 1.82. The maximum absolute atomic E-state index is 12.0. The number of aromatic carboxylic acids is 1. The summed E-state index contributed by atoms with van der Waals surface area (Å²) in [7, 11) is 1.17. The summed E-state index contributed by atoms with van der Waals surface area (Å²) in [6.45, 7) is 1.32. The minimum absolute atomic E-state index is 0.0279. The van der Waals surface area contributed by atoms with Crippen LogP contribution in [0.4, 0.5) is 5.69 Å². The molecule has 2 aromatic rings. The summed E-state index contributed by atoms with van der Waals surface area (Å²) in [5.41, 5.74) is 0.397. The van der Waals surface area contributed by atoms with E-state index in [4.69, 9.17) is 15.5 Å². The van der Waals surface area contributed by atoms with E-state index in [2.05, 4.69) is 12.9 Å². The van der Waals surface area contributed by atoms with Crippen molar-refractivity contribution in [1.82, 2.24) is 0 Å². The molecule has 0 radical (unpaired) electrons. The molecule has 1 amide bonds. The number of para-hydroxylation sites is 1. The zero-order valence-corrected chi connectivity index (χ0v) is 15.8. The molecule has 4 N–H and O–H groups in total. The SMILES string of the molecule is CO[As](=O)(OO)c1ccccc1NC(C)=O.O=C(O)c1cccc(O)c1. The molecular weight excluding hydrogens is 409 g/mol. The number of carbonyl (C=O) groups excluding carboxylic acids is 1. The van der Waals surface area contributed by atoms with Crippen LogP contribution in [0.3, 0.4) is 0 Å². The van der Waals surface area contributed by atoms with Gasteiger partial charge in [-0.25, -0.2) is 4.79 Å². The molecule has 2 rings (SSSR count). The molecule has 26 heavy (non-hydrogen) atoms. The first-order valence-corrected chi connectivity index (χ1v) is 10.4. The molecule has 10 heteroatoms. The van der Waals surface area contributed by atoms with Gasteiger partial charge in [-0.3, -0.25) is 0 Å². The number of phenolic OH excluding ortho intramolecular Hbond substituents is 1. The summed E-state index contributed by atoms with van der Waals surface area (Å²) < 4.78 is 20.7. The third-order valence-electron chi connectivity index (χ3n) is 2.95. The van der Waals surface area contributed by atoms with Crippen molar-refractivity contribution in [3.05, 3.63) is 54.1 Å². The van der Waals surface area contributed by atoms with Crippen molar-refractivity contribution in [2.75, 3.05) is 12.4 Å². The molecule has 0 fully saturated rings. The summed E-state index contributed by atoms with van der Waals surface area (Å²) in [4.78, 5) is 21.2. The van der Waals surface area contributed by atoms with Gasteiger partial charge in [-0.2, -0.15) is 0 Å². The van der Waals surface area contributed by atoms with Crippen molar-refractivity contribution >= 4 is 36.1 Å². The third-order valence-corrected chi connectivity index (χ3v) is 6.47. The van der Waals surface area contributed by atoms with Gasteiger partial charge in [0.05, 0.1) is 5.56 Å². The van der Waals surface area contributed by atoms with Gasteiger partial charge in [0.1, 0.15) is 5.75 Å². The molecule has 2 aromatic carbocycles. The van der Waals surface area contributed by atoms with Gasteiger partial charge >= 0.3 is 101 Å². The van der Waals surface area contributed by atoms with E-state index in [0.717, 1.165) is 0 Å². The fourth-order valence-corrected chi connectivity index (χ4v) is 4.02. The fraction of sp³-hybridized carbons (Fsp3) is 0.125. The maximum Gasteiger partial charge on any atom is 0.335 e. The van der Waals surface area contributed by atoms with E-state index < -0.39 is 20.1 Å². The first-order chi connectivity index (χ1) is 12.2. The number of anilines is 1. The van der Waals surface area contributed by atoms with Gasteiger partial charge in [0, 0.05) is 0 Å². The van der Waals surface area contributed by atoms with Gasteiger partial charge in [-0.15, -0.1) is 0 Å². The van der Waals surface area contributed by atoms with Crippen molar-refractivity contribution in [3.8, 4) is 5.75 Å². The molecule has 9 nitrogen and oxygen atoms in total. The average molecular weight is 427 g/mol. The Kier molecular flexibility index (Phi) is 8.08. The molecule has 140 valence electrons. The van der Waals surface area contributed by atoms with Crippen LogP contribution < -0.4 is 9.67 Å². The Hall–Kier alpha value is -2.58. The number of aromatic hydroxyl groups is 1. The monoisotopic (exact) mass is 427 g/mol. The number of hydrogen-bond donors (Lipinski definition) is 4. The Balaban J connectivity index is 0.000000289. The van der Waals surface area contributed by atoms with Gasteiger partial charge in [-0.05, 0) is 18.2 Å². The summed E-state index contributed by atoms with van der Waals surface area (Å²) in [5.74, 6) is -1.38. The standard InChI is InChI=1S/C9H12AsNO5.C7H6O3/c1-7(12)11-9-6-4-3-5-8(9)10(13,15-2)16-14;8-6-3-1-2-5(4-6)7(9)10/h3-6,14H,1-2H3,(H,11,12);1-4,8H,(H,9,10). The smallest absolute Gasteiger partial charge is 0.335 e. The van der Waals surface area contributed by atoms with Crippen LogP contribution in [0.15, 0.2) is 48.5 Å². The third kappa shape index (κ3) is 6.05. The average Bonchev–Trinajstić information content (AvgIpc) is 2.61. The van der Waals surface area contributed by atoms with E-state index in [1.807, 2.05) is 0 Å². The Morgan fingerprint density at radius 3 is 2.23 bits per heavy atom. The van der Waals surface area contributed by atoms with Crippen molar-refractivity contribution in [1.29, 1.82) is 0 Å². The Morgan fingerprint density at radius 2 is 1.77 bits per heavy atom. The molecule has 0 aliphatic carbocycles. The van der Waals surface area contributed by atoms with Crippen LogP contribution in [0.5, 0.6) is 5.75 Å². The second-order valence-electron chi connectivity index (χ2n) is 4.82. The van der Waals surface area contributed by atoms with Crippen molar-refractivity contribution in [2.45, 2.75) is 6.92 Å². The summed E-state index contributed by atoms with van der Waals surface area (Å²) >= 11 is -4.46. The molecule has 0 heterocycles. The molecule has 1 atom stereocenters. The molecule has 0 aliphatic rings. The maximum atomic E-state index is 12.0. The molecule has 0 bridgehead atoms. The van der Waals surface area contributed by atoms with Crippen molar-refractivity contribution < 1.29 is 36.4 Å². The summed E-state index contributed by atoms with van der Waals surface area (Å²) in [6.07, 6.45) is 0. The molecular formula is C16H18AsNO8. The summed E-state index contributed by atoms with van der Waals surface area (Å²) in [5, 5.41) is 28.3. The predicted molar refractivity (Wildman–Crippen MR) is 92.6 cm³/mol. The van der Waals surface area contributed by atoms with Crippen molar-refractivity contribution in [3.63, 3.8) is 0 Å². The van der Waals surface area contributed by atoms with Crippen LogP contribution >= 0.6 is 0 Å². The van der Waals surface area contributed by atoms with Crippen LogP contribution in [-0.2, 0) is 16.1 Å². The Morgan fingerprint density at radius 1 is 1.12 bits per heavy atom. The Bertz CT molecular complexity index is 815. The first kappa shape index (κ1) is 21.5. The quantitative estimate of drug-likeness (QED) is 0.319. The van der Waals surface area contributed by atoms with Gasteiger partial charge in [0.2, 0.25) is 0 Å². The molecule has 0 saturated heterocycles. The first-order valence-electron chi connectivity index (χ1n) is 7.12. The van der Waals surface area contributed by atoms with E-state index in [-0.39, 0.29) is 21.6 Å².